The second-order valence-corrected chi connectivity index (χ2v) is 4.64. The minimum absolute atomic E-state index is 0.0369. The van der Waals surface area contributed by atoms with Gasteiger partial charge in [-0.25, -0.2) is 4.39 Å². The molecule has 1 aromatic rings. The lowest BCUT2D eigenvalue weighted by Gasteiger charge is -2.34. The van der Waals surface area contributed by atoms with Crippen LogP contribution in [0.5, 0.6) is 0 Å². The fraction of sp³-hybridized carbons (Fsp3) is 0.385. The van der Waals surface area contributed by atoms with Crippen molar-refractivity contribution in [2.24, 2.45) is 5.41 Å². The predicted molar refractivity (Wildman–Crippen MR) is 57.5 cm³/mol. The van der Waals surface area contributed by atoms with Crippen LogP contribution < -0.4 is 0 Å². The molecule has 1 heteroatoms. The zero-order chi connectivity index (χ0) is 10.3. The van der Waals surface area contributed by atoms with Gasteiger partial charge in [0.15, 0.2) is 0 Å². The smallest absolute Gasteiger partial charge is 0.130 e. The van der Waals surface area contributed by atoms with Crippen LogP contribution in [0.3, 0.4) is 0 Å². The topological polar surface area (TPSA) is 0 Å². The van der Waals surface area contributed by atoms with Crippen molar-refractivity contribution < 1.29 is 4.39 Å². The first-order chi connectivity index (χ1) is 6.52. The van der Waals surface area contributed by atoms with Gasteiger partial charge in [-0.05, 0) is 35.5 Å². The molecule has 0 saturated carbocycles. The van der Waals surface area contributed by atoms with E-state index in [4.69, 9.17) is 0 Å². The van der Waals surface area contributed by atoms with E-state index in [1.54, 1.807) is 6.07 Å². The maximum absolute atomic E-state index is 13.6. The summed E-state index contributed by atoms with van der Waals surface area (Å²) < 4.78 is 13.6. The molecule has 0 aromatic heterocycles. The Labute approximate surface area is 84.5 Å². The lowest BCUT2D eigenvalue weighted by Crippen LogP contribution is -2.21. The van der Waals surface area contributed by atoms with E-state index in [1.807, 2.05) is 6.07 Å². The molecule has 0 spiro atoms. The molecule has 0 bridgehead atoms. The van der Waals surface area contributed by atoms with Gasteiger partial charge < -0.3 is 0 Å². The van der Waals surface area contributed by atoms with Gasteiger partial charge in [-0.3, -0.25) is 0 Å². The third-order valence-corrected chi connectivity index (χ3v) is 3.24. The average Bonchev–Trinajstić information content (AvgIpc) is 2.12. The first-order valence-corrected chi connectivity index (χ1v) is 4.99. The Morgan fingerprint density at radius 3 is 2.79 bits per heavy atom. The van der Waals surface area contributed by atoms with Crippen LogP contribution in [0.1, 0.15) is 31.4 Å². The molecule has 0 N–H and O–H groups in total. The molecule has 2 rings (SSSR count). The zero-order valence-corrected chi connectivity index (χ0v) is 8.73. The van der Waals surface area contributed by atoms with Crippen molar-refractivity contribution in [1.82, 2.24) is 0 Å². The minimum Gasteiger partial charge on any atom is -0.206 e. The summed E-state index contributed by atoms with van der Waals surface area (Å²) in [5.74, 6) is -0.125. The van der Waals surface area contributed by atoms with Crippen LogP contribution in [0.15, 0.2) is 24.8 Å². The Hall–Kier alpha value is -1.11. The van der Waals surface area contributed by atoms with Gasteiger partial charge >= 0.3 is 0 Å². The van der Waals surface area contributed by atoms with Crippen LogP contribution in [-0.4, -0.2) is 0 Å². The summed E-state index contributed by atoms with van der Waals surface area (Å²) in [4.78, 5) is 0. The van der Waals surface area contributed by atoms with Crippen LogP contribution in [-0.2, 0) is 6.42 Å². The number of allylic oxidation sites excluding steroid dienone is 1. The van der Waals surface area contributed by atoms with Crippen molar-refractivity contribution in [3.05, 3.63) is 41.7 Å². The number of halogens is 1. The van der Waals surface area contributed by atoms with E-state index < -0.39 is 0 Å². The summed E-state index contributed by atoms with van der Waals surface area (Å²) in [6, 6.07) is 5.30. The Morgan fingerprint density at radius 1 is 1.36 bits per heavy atom. The third-order valence-electron chi connectivity index (χ3n) is 3.24. The molecule has 0 atom stereocenters. The largest absolute Gasteiger partial charge is 0.206 e. The minimum atomic E-state index is -0.125. The first-order valence-electron chi connectivity index (χ1n) is 4.99. The van der Waals surface area contributed by atoms with Crippen molar-refractivity contribution in [2.45, 2.75) is 26.7 Å². The fourth-order valence-corrected chi connectivity index (χ4v) is 2.05. The van der Waals surface area contributed by atoms with Crippen molar-refractivity contribution in [2.75, 3.05) is 0 Å². The van der Waals surface area contributed by atoms with Gasteiger partial charge in [0.25, 0.3) is 0 Å². The molecular formula is C13H15F. The number of fused-ring (bicyclic) bond motifs is 1. The quantitative estimate of drug-likeness (QED) is 0.583. The molecule has 0 fully saturated rings. The summed E-state index contributed by atoms with van der Waals surface area (Å²) >= 11 is 0. The maximum Gasteiger partial charge on any atom is 0.130 e. The molecule has 0 unspecified atom stereocenters. The molecule has 0 amide bonds. The SMILES string of the molecule is C=C1c2c(F)cccc2CCC1(C)C. The van der Waals surface area contributed by atoms with Crippen LogP contribution in [0.2, 0.25) is 0 Å². The Bertz CT molecular complexity index is 388. The van der Waals surface area contributed by atoms with Crippen molar-refractivity contribution in [3.63, 3.8) is 0 Å². The number of rotatable bonds is 0. The van der Waals surface area contributed by atoms with Crippen molar-refractivity contribution in [3.8, 4) is 0 Å². The third kappa shape index (κ3) is 1.28. The number of hydrogen-bond donors (Lipinski definition) is 0. The van der Waals surface area contributed by atoms with Gasteiger partial charge in [-0.1, -0.05) is 32.6 Å². The molecule has 0 radical (unpaired) electrons. The van der Waals surface area contributed by atoms with Crippen LogP contribution in [0.4, 0.5) is 4.39 Å². The van der Waals surface area contributed by atoms with Gasteiger partial charge in [0.1, 0.15) is 5.82 Å². The predicted octanol–water partition coefficient (Wildman–Crippen LogP) is 3.81. The lowest BCUT2D eigenvalue weighted by atomic mass is 9.71. The Balaban J connectivity index is 2.60. The molecule has 0 heterocycles. The highest BCUT2D eigenvalue weighted by molar-refractivity contribution is 5.72. The van der Waals surface area contributed by atoms with Gasteiger partial charge in [0, 0.05) is 5.56 Å². The second kappa shape index (κ2) is 2.94. The van der Waals surface area contributed by atoms with Crippen LogP contribution in [0, 0.1) is 11.2 Å². The summed E-state index contributed by atoms with van der Waals surface area (Å²) in [5, 5.41) is 0. The maximum atomic E-state index is 13.6. The zero-order valence-electron chi connectivity index (χ0n) is 8.73. The van der Waals surface area contributed by atoms with E-state index >= 15 is 0 Å². The standard InChI is InChI=1S/C13H15F/c1-9-12-10(5-4-6-11(12)14)7-8-13(9,2)3/h4-6H,1,7-8H2,2-3H3. The van der Waals surface area contributed by atoms with Crippen molar-refractivity contribution >= 4 is 5.57 Å². The highest BCUT2D eigenvalue weighted by atomic mass is 19.1. The second-order valence-electron chi connectivity index (χ2n) is 4.64. The van der Waals surface area contributed by atoms with E-state index in [1.165, 1.54) is 6.07 Å². The summed E-state index contributed by atoms with van der Waals surface area (Å²) in [5.41, 5.74) is 2.84. The average molecular weight is 190 g/mol. The van der Waals surface area contributed by atoms with E-state index in [0.29, 0.717) is 0 Å². The fourth-order valence-electron chi connectivity index (χ4n) is 2.05. The van der Waals surface area contributed by atoms with Gasteiger partial charge in [-0.15, -0.1) is 0 Å². The molecular weight excluding hydrogens is 175 g/mol. The first kappa shape index (κ1) is 9.45. The lowest BCUT2D eigenvalue weighted by molar-refractivity contribution is 0.438. The van der Waals surface area contributed by atoms with E-state index in [0.717, 1.165) is 29.5 Å². The molecule has 0 nitrogen and oxygen atoms in total. The molecule has 1 aliphatic rings. The van der Waals surface area contributed by atoms with Gasteiger partial charge in [0.05, 0.1) is 0 Å². The van der Waals surface area contributed by atoms with Crippen molar-refractivity contribution in [1.29, 1.82) is 0 Å². The highest BCUT2D eigenvalue weighted by Gasteiger charge is 2.30. The summed E-state index contributed by atoms with van der Waals surface area (Å²) in [6.45, 7) is 8.29. The number of aryl methyl sites for hydroxylation is 1. The van der Waals surface area contributed by atoms with Gasteiger partial charge in [0.2, 0.25) is 0 Å². The summed E-state index contributed by atoms with van der Waals surface area (Å²) in [7, 11) is 0. The number of benzene rings is 1. The van der Waals surface area contributed by atoms with E-state index in [2.05, 4.69) is 20.4 Å². The molecule has 0 saturated heterocycles. The normalized spacial score (nSPS) is 19.2. The molecule has 1 aliphatic carbocycles. The molecule has 14 heavy (non-hydrogen) atoms. The van der Waals surface area contributed by atoms with Gasteiger partial charge in [-0.2, -0.15) is 0 Å². The molecule has 0 aliphatic heterocycles. The monoisotopic (exact) mass is 190 g/mol. The molecule has 1 aromatic carbocycles. The van der Waals surface area contributed by atoms with E-state index in [9.17, 15) is 4.39 Å². The van der Waals surface area contributed by atoms with E-state index in [-0.39, 0.29) is 11.2 Å². The number of hydrogen-bond acceptors (Lipinski definition) is 0. The highest BCUT2D eigenvalue weighted by Crippen LogP contribution is 2.43. The van der Waals surface area contributed by atoms with Crippen LogP contribution >= 0.6 is 0 Å². The molecule has 74 valence electrons. The van der Waals surface area contributed by atoms with Crippen LogP contribution in [0.25, 0.3) is 5.57 Å². The Kier molecular flexibility index (Phi) is 1.99. The Morgan fingerprint density at radius 2 is 2.07 bits per heavy atom. The summed E-state index contributed by atoms with van der Waals surface area (Å²) in [6.07, 6.45) is 2.02.